The van der Waals surface area contributed by atoms with Crippen molar-refractivity contribution in [1.29, 1.82) is 0 Å². The number of nitrogens with one attached hydrogen (secondary N) is 1. The molecule has 0 aliphatic carbocycles. The average molecular weight is 404 g/mol. The molecule has 3 rings (SSSR count). The highest BCUT2D eigenvalue weighted by Gasteiger charge is 2.22. The van der Waals surface area contributed by atoms with E-state index in [2.05, 4.69) is 49.1 Å². The van der Waals surface area contributed by atoms with Crippen molar-refractivity contribution in [3.8, 4) is 11.4 Å². The molecule has 0 fully saturated rings. The SMILES string of the molecule is Cc1nnc(NC(=O)C(C)Sc2nnc(-c3ccncc3)n2CC(C)C)s1. The monoisotopic (exact) mass is 403 g/mol. The topological polar surface area (TPSA) is 98.5 Å². The Balaban J connectivity index is 1.79. The first-order chi connectivity index (χ1) is 12.9. The molecule has 8 nitrogen and oxygen atoms in total. The molecule has 10 heteroatoms. The number of pyridine rings is 1. The van der Waals surface area contributed by atoms with Crippen LogP contribution in [0.3, 0.4) is 0 Å². The highest BCUT2D eigenvalue weighted by Crippen LogP contribution is 2.28. The average Bonchev–Trinajstić information content (AvgIpc) is 3.21. The fourth-order valence-electron chi connectivity index (χ4n) is 2.39. The van der Waals surface area contributed by atoms with E-state index in [0.717, 1.165) is 22.9 Å². The van der Waals surface area contributed by atoms with Crippen LogP contribution in [-0.2, 0) is 11.3 Å². The lowest BCUT2D eigenvalue weighted by Gasteiger charge is -2.14. The highest BCUT2D eigenvalue weighted by atomic mass is 32.2. The zero-order valence-corrected chi connectivity index (χ0v) is 17.2. The Hall–Kier alpha value is -2.33. The van der Waals surface area contributed by atoms with Crippen LogP contribution in [0.5, 0.6) is 0 Å². The van der Waals surface area contributed by atoms with Gasteiger partial charge in [0.15, 0.2) is 11.0 Å². The second kappa shape index (κ2) is 8.57. The standard InChI is InChI=1S/C17H21N7OS2/c1-10(2)9-24-14(13-5-7-18-8-6-13)21-23-17(24)26-11(3)15(25)19-16-22-20-12(4)27-16/h5-8,10-11H,9H2,1-4H3,(H,19,22,25). The van der Waals surface area contributed by atoms with Crippen LogP contribution in [-0.4, -0.2) is 41.1 Å². The molecule has 1 unspecified atom stereocenters. The van der Waals surface area contributed by atoms with Gasteiger partial charge >= 0.3 is 0 Å². The van der Waals surface area contributed by atoms with Gasteiger partial charge in [0.25, 0.3) is 0 Å². The van der Waals surface area contributed by atoms with Crippen LogP contribution in [0.25, 0.3) is 11.4 Å². The maximum atomic E-state index is 12.5. The first-order valence-corrected chi connectivity index (χ1v) is 10.2. The molecule has 142 valence electrons. The van der Waals surface area contributed by atoms with Crippen LogP contribution in [0.15, 0.2) is 29.7 Å². The smallest absolute Gasteiger partial charge is 0.239 e. The first kappa shape index (κ1) is 19.4. The Labute approximate surface area is 165 Å². The molecular weight excluding hydrogens is 382 g/mol. The molecule has 1 amide bonds. The van der Waals surface area contributed by atoms with E-state index in [9.17, 15) is 4.79 Å². The van der Waals surface area contributed by atoms with Gasteiger partial charge in [-0.25, -0.2) is 0 Å². The summed E-state index contributed by atoms with van der Waals surface area (Å²) in [6.07, 6.45) is 3.47. The van der Waals surface area contributed by atoms with Crippen LogP contribution in [0, 0.1) is 12.8 Å². The van der Waals surface area contributed by atoms with Crippen LogP contribution in [0.2, 0.25) is 0 Å². The van der Waals surface area contributed by atoms with Gasteiger partial charge in [0.1, 0.15) is 5.01 Å². The summed E-state index contributed by atoms with van der Waals surface area (Å²) in [5.74, 6) is 1.05. The summed E-state index contributed by atoms with van der Waals surface area (Å²) in [5, 5.41) is 21.0. The van der Waals surface area contributed by atoms with Crippen molar-refractivity contribution in [1.82, 2.24) is 29.9 Å². The number of carbonyl (C=O) groups excluding carboxylic acids is 1. The minimum absolute atomic E-state index is 0.138. The molecular formula is C17H21N7OS2. The number of thioether (sulfide) groups is 1. The molecule has 1 N–H and O–H groups in total. The number of amides is 1. The molecule has 0 aliphatic heterocycles. The first-order valence-electron chi connectivity index (χ1n) is 8.55. The van der Waals surface area contributed by atoms with E-state index in [0.29, 0.717) is 16.2 Å². The van der Waals surface area contributed by atoms with E-state index in [1.807, 2.05) is 26.0 Å². The fourth-order valence-corrected chi connectivity index (χ4v) is 3.84. The zero-order valence-electron chi connectivity index (χ0n) is 15.6. The number of aromatic nitrogens is 6. The van der Waals surface area contributed by atoms with Gasteiger partial charge in [-0.05, 0) is 31.9 Å². The van der Waals surface area contributed by atoms with Crippen LogP contribution >= 0.6 is 23.1 Å². The third kappa shape index (κ3) is 4.89. The zero-order chi connectivity index (χ0) is 19.4. The molecule has 0 aromatic carbocycles. The van der Waals surface area contributed by atoms with E-state index in [1.54, 1.807) is 12.4 Å². The molecule has 3 heterocycles. The second-order valence-corrected chi connectivity index (χ2v) is 8.91. The lowest BCUT2D eigenvalue weighted by molar-refractivity contribution is -0.115. The number of anilines is 1. The predicted octanol–water partition coefficient (Wildman–Crippen LogP) is 3.28. The minimum Gasteiger partial charge on any atom is -0.302 e. The van der Waals surface area contributed by atoms with Crippen molar-refractivity contribution in [2.75, 3.05) is 5.32 Å². The number of hydrogen-bond acceptors (Lipinski definition) is 8. The van der Waals surface area contributed by atoms with E-state index in [-0.39, 0.29) is 11.2 Å². The van der Waals surface area contributed by atoms with Crippen LogP contribution in [0.4, 0.5) is 5.13 Å². The summed E-state index contributed by atoms with van der Waals surface area (Å²) in [7, 11) is 0. The Morgan fingerprint density at radius 2 is 1.93 bits per heavy atom. The molecule has 0 aliphatic rings. The Kier molecular flexibility index (Phi) is 6.17. The van der Waals surface area contributed by atoms with Crippen LogP contribution in [0.1, 0.15) is 25.8 Å². The van der Waals surface area contributed by atoms with Crippen molar-refractivity contribution in [2.45, 2.75) is 44.6 Å². The lowest BCUT2D eigenvalue weighted by atomic mass is 10.2. The second-order valence-electron chi connectivity index (χ2n) is 6.42. The van der Waals surface area contributed by atoms with Gasteiger partial charge in [-0.2, -0.15) is 0 Å². The molecule has 0 bridgehead atoms. The van der Waals surface area contributed by atoms with Gasteiger partial charge in [0.2, 0.25) is 11.0 Å². The summed E-state index contributed by atoms with van der Waals surface area (Å²) in [5.41, 5.74) is 0.950. The van der Waals surface area contributed by atoms with E-state index >= 15 is 0 Å². The minimum atomic E-state index is -0.352. The molecule has 3 aromatic heterocycles. The predicted molar refractivity (Wildman–Crippen MR) is 107 cm³/mol. The van der Waals surface area contributed by atoms with Gasteiger partial charge in [-0.3, -0.25) is 15.1 Å². The fraction of sp³-hybridized carbons (Fsp3) is 0.412. The summed E-state index contributed by atoms with van der Waals surface area (Å²) >= 11 is 2.73. The summed E-state index contributed by atoms with van der Waals surface area (Å²) in [6, 6.07) is 3.81. The molecule has 0 saturated heterocycles. The van der Waals surface area contributed by atoms with Crippen molar-refractivity contribution >= 4 is 34.1 Å². The van der Waals surface area contributed by atoms with E-state index < -0.39 is 0 Å². The van der Waals surface area contributed by atoms with Crippen molar-refractivity contribution < 1.29 is 4.79 Å². The normalized spacial score (nSPS) is 12.3. The Bertz CT molecular complexity index is 907. The Morgan fingerprint density at radius 3 is 2.56 bits per heavy atom. The number of aryl methyl sites for hydroxylation is 1. The summed E-state index contributed by atoms with van der Waals surface area (Å²) in [6.45, 7) is 8.73. The highest BCUT2D eigenvalue weighted by molar-refractivity contribution is 8.00. The van der Waals surface area contributed by atoms with Gasteiger partial charge in [0, 0.05) is 24.5 Å². The van der Waals surface area contributed by atoms with Crippen LogP contribution < -0.4 is 5.32 Å². The van der Waals surface area contributed by atoms with Gasteiger partial charge in [-0.1, -0.05) is 36.9 Å². The molecule has 1 atom stereocenters. The van der Waals surface area contributed by atoms with Crippen molar-refractivity contribution in [3.63, 3.8) is 0 Å². The third-order valence-electron chi connectivity index (χ3n) is 3.61. The maximum absolute atomic E-state index is 12.5. The van der Waals surface area contributed by atoms with Gasteiger partial charge in [-0.15, -0.1) is 20.4 Å². The van der Waals surface area contributed by atoms with Crippen molar-refractivity contribution in [3.05, 3.63) is 29.5 Å². The summed E-state index contributed by atoms with van der Waals surface area (Å²) < 4.78 is 2.06. The third-order valence-corrected chi connectivity index (χ3v) is 5.45. The lowest BCUT2D eigenvalue weighted by Crippen LogP contribution is -2.23. The number of hydrogen-bond donors (Lipinski definition) is 1. The molecule has 0 saturated carbocycles. The van der Waals surface area contributed by atoms with Gasteiger partial charge in [0.05, 0.1) is 5.25 Å². The summed E-state index contributed by atoms with van der Waals surface area (Å²) in [4.78, 5) is 16.5. The molecule has 0 radical (unpaired) electrons. The number of nitrogens with zero attached hydrogens (tertiary/aromatic N) is 6. The molecule has 3 aromatic rings. The van der Waals surface area contributed by atoms with Gasteiger partial charge < -0.3 is 4.57 Å². The molecule has 27 heavy (non-hydrogen) atoms. The van der Waals surface area contributed by atoms with Crippen molar-refractivity contribution in [2.24, 2.45) is 5.92 Å². The number of carbonyl (C=O) groups is 1. The van der Waals surface area contributed by atoms with E-state index in [4.69, 9.17) is 0 Å². The largest absolute Gasteiger partial charge is 0.302 e. The maximum Gasteiger partial charge on any atom is 0.239 e. The quantitative estimate of drug-likeness (QED) is 0.604. The number of rotatable bonds is 7. The molecule has 0 spiro atoms. The Morgan fingerprint density at radius 1 is 1.19 bits per heavy atom. The van der Waals surface area contributed by atoms with E-state index in [1.165, 1.54) is 23.1 Å².